The summed E-state index contributed by atoms with van der Waals surface area (Å²) in [7, 11) is 0. The number of nitrogens with one attached hydrogen (secondary N) is 1. The van der Waals surface area contributed by atoms with Crippen LogP contribution in [-0.4, -0.2) is 20.3 Å². The highest BCUT2D eigenvalue weighted by Crippen LogP contribution is 2.38. The summed E-state index contributed by atoms with van der Waals surface area (Å²) >= 11 is 12.3. The fraction of sp³-hybridized carbons (Fsp3) is 0.348. The third-order valence-electron chi connectivity index (χ3n) is 5.61. The number of carbonyl (C=O) groups is 1. The van der Waals surface area contributed by atoms with Crippen molar-refractivity contribution >= 4 is 29.1 Å². The van der Waals surface area contributed by atoms with E-state index in [0.717, 1.165) is 29.7 Å². The number of nitrogens with zero attached hydrogens (tertiary/aromatic N) is 3. The Bertz CT molecular complexity index is 1310. The van der Waals surface area contributed by atoms with Crippen LogP contribution < -0.4 is 11.0 Å². The van der Waals surface area contributed by atoms with E-state index in [1.54, 1.807) is 32.0 Å². The zero-order valence-corrected chi connectivity index (χ0v) is 19.8. The Labute approximate surface area is 203 Å². The molecule has 1 N–H and O–H groups in total. The first-order valence-electron chi connectivity index (χ1n) is 10.5. The number of hydrogen-bond acceptors (Lipinski definition) is 3. The Morgan fingerprint density at radius 1 is 1.12 bits per heavy atom. The van der Waals surface area contributed by atoms with E-state index in [9.17, 15) is 22.8 Å². The van der Waals surface area contributed by atoms with E-state index in [1.165, 1.54) is 16.7 Å². The molecule has 0 unspecified atom stereocenters. The van der Waals surface area contributed by atoms with E-state index >= 15 is 0 Å². The zero-order valence-electron chi connectivity index (χ0n) is 18.3. The molecule has 1 amide bonds. The van der Waals surface area contributed by atoms with Crippen molar-refractivity contribution < 1.29 is 18.0 Å². The van der Waals surface area contributed by atoms with Crippen LogP contribution in [0.3, 0.4) is 0 Å². The van der Waals surface area contributed by atoms with Gasteiger partial charge in [0.2, 0.25) is 5.91 Å². The van der Waals surface area contributed by atoms with Gasteiger partial charge in [0.05, 0.1) is 16.1 Å². The first kappa shape index (κ1) is 24.3. The SMILES string of the molecule is CC(C)(NC(=O)Cn1nc(-c2ccc(Cl)cc2Cl)n(C2CC2)c1=O)c1cccc(C(F)(F)F)c1. The summed E-state index contributed by atoms with van der Waals surface area (Å²) in [6, 6.07) is 9.56. The highest BCUT2D eigenvalue weighted by Gasteiger charge is 2.34. The number of carbonyl (C=O) groups excluding carboxylic acids is 1. The summed E-state index contributed by atoms with van der Waals surface area (Å²) in [5.74, 6) is -0.238. The molecule has 1 aromatic heterocycles. The molecule has 34 heavy (non-hydrogen) atoms. The lowest BCUT2D eigenvalue weighted by Gasteiger charge is -2.27. The van der Waals surface area contributed by atoms with Crippen LogP contribution in [0.5, 0.6) is 0 Å². The Morgan fingerprint density at radius 2 is 1.79 bits per heavy atom. The number of halogens is 5. The molecule has 0 radical (unpaired) electrons. The molecule has 11 heteroatoms. The van der Waals surface area contributed by atoms with Gasteiger partial charge in [-0.25, -0.2) is 9.48 Å². The van der Waals surface area contributed by atoms with Crippen molar-refractivity contribution in [3.63, 3.8) is 0 Å². The molecule has 0 bridgehead atoms. The molecule has 0 spiro atoms. The van der Waals surface area contributed by atoms with Gasteiger partial charge >= 0.3 is 11.9 Å². The van der Waals surface area contributed by atoms with Gasteiger partial charge in [0.25, 0.3) is 0 Å². The van der Waals surface area contributed by atoms with Crippen LogP contribution in [0.1, 0.15) is 43.9 Å². The van der Waals surface area contributed by atoms with Crippen molar-refractivity contribution in [2.45, 2.75) is 51.0 Å². The maximum absolute atomic E-state index is 13.1. The second-order valence-electron chi connectivity index (χ2n) is 8.74. The van der Waals surface area contributed by atoms with Gasteiger partial charge in [-0.15, -0.1) is 5.10 Å². The largest absolute Gasteiger partial charge is 0.416 e. The van der Waals surface area contributed by atoms with Crippen LogP contribution >= 0.6 is 23.2 Å². The van der Waals surface area contributed by atoms with Crippen molar-refractivity contribution in [1.29, 1.82) is 0 Å². The number of amides is 1. The highest BCUT2D eigenvalue weighted by molar-refractivity contribution is 6.36. The third kappa shape index (κ3) is 5.00. The van der Waals surface area contributed by atoms with E-state index in [-0.39, 0.29) is 11.6 Å². The first-order valence-corrected chi connectivity index (χ1v) is 11.3. The minimum Gasteiger partial charge on any atom is -0.346 e. The third-order valence-corrected chi connectivity index (χ3v) is 6.16. The monoisotopic (exact) mass is 512 g/mol. The minimum absolute atomic E-state index is 0.0346. The molecule has 1 fully saturated rings. The van der Waals surface area contributed by atoms with Crippen molar-refractivity contribution in [2.24, 2.45) is 0 Å². The van der Waals surface area contributed by atoms with Crippen LogP contribution in [0.15, 0.2) is 47.3 Å². The predicted molar refractivity (Wildman–Crippen MR) is 123 cm³/mol. The zero-order chi connectivity index (χ0) is 24.8. The molecule has 0 saturated heterocycles. The molecule has 0 aliphatic heterocycles. The van der Waals surface area contributed by atoms with Gasteiger partial charge < -0.3 is 5.32 Å². The van der Waals surface area contributed by atoms with E-state index in [1.807, 2.05) is 0 Å². The van der Waals surface area contributed by atoms with Crippen molar-refractivity contribution in [3.05, 3.63) is 74.1 Å². The number of benzene rings is 2. The number of alkyl halides is 3. The fourth-order valence-corrected chi connectivity index (χ4v) is 4.21. The van der Waals surface area contributed by atoms with Gasteiger partial charge in [0, 0.05) is 16.6 Å². The molecular formula is C23H21Cl2F3N4O2. The Hall–Kier alpha value is -2.78. The van der Waals surface area contributed by atoms with Crippen LogP contribution in [-0.2, 0) is 23.1 Å². The molecular weight excluding hydrogens is 492 g/mol. The average molecular weight is 513 g/mol. The Morgan fingerprint density at radius 3 is 2.41 bits per heavy atom. The van der Waals surface area contributed by atoms with Crippen molar-refractivity contribution in [2.75, 3.05) is 0 Å². The Balaban J connectivity index is 1.60. The van der Waals surface area contributed by atoms with Crippen molar-refractivity contribution in [3.8, 4) is 11.4 Å². The highest BCUT2D eigenvalue weighted by atomic mass is 35.5. The molecule has 1 aliphatic rings. The van der Waals surface area contributed by atoms with E-state index in [2.05, 4.69) is 10.4 Å². The second-order valence-corrected chi connectivity index (χ2v) is 9.58. The van der Waals surface area contributed by atoms with Gasteiger partial charge in [-0.05, 0) is 62.6 Å². The normalized spacial score (nSPS) is 14.3. The summed E-state index contributed by atoms with van der Waals surface area (Å²) in [5, 5.41) is 7.81. The van der Waals surface area contributed by atoms with Crippen LogP contribution in [0.4, 0.5) is 13.2 Å². The quantitative estimate of drug-likeness (QED) is 0.479. The molecule has 6 nitrogen and oxygen atoms in total. The standard InChI is InChI=1S/C23H21Cl2F3N4O2/c1-22(2,13-4-3-5-14(10-13)23(26,27)28)29-19(33)12-31-21(34)32(16-7-8-16)20(30-31)17-9-6-15(24)11-18(17)25/h3-6,9-11,16H,7-8,12H2,1-2H3,(H,29,33). The van der Waals surface area contributed by atoms with Gasteiger partial charge in [-0.2, -0.15) is 13.2 Å². The number of hydrogen-bond donors (Lipinski definition) is 1. The summed E-state index contributed by atoms with van der Waals surface area (Å²) < 4.78 is 41.8. The molecule has 1 heterocycles. The second kappa shape index (κ2) is 8.78. The molecule has 180 valence electrons. The van der Waals surface area contributed by atoms with Gasteiger partial charge in [-0.3, -0.25) is 9.36 Å². The maximum atomic E-state index is 13.1. The number of rotatable bonds is 6. The summed E-state index contributed by atoms with van der Waals surface area (Å²) in [4.78, 5) is 25.8. The lowest BCUT2D eigenvalue weighted by molar-refractivity contribution is -0.137. The van der Waals surface area contributed by atoms with E-state index < -0.39 is 35.4 Å². The van der Waals surface area contributed by atoms with Gasteiger partial charge in [0.1, 0.15) is 6.54 Å². The van der Waals surface area contributed by atoms with E-state index in [4.69, 9.17) is 23.2 Å². The first-order chi connectivity index (χ1) is 15.9. The topological polar surface area (TPSA) is 68.9 Å². The maximum Gasteiger partial charge on any atom is 0.416 e. The number of aromatic nitrogens is 3. The van der Waals surface area contributed by atoms with E-state index in [0.29, 0.717) is 21.4 Å². The van der Waals surface area contributed by atoms with Gasteiger partial charge in [0.15, 0.2) is 5.82 Å². The molecule has 3 aromatic rings. The summed E-state index contributed by atoms with van der Waals surface area (Å²) in [6.45, 7) is 2.77. The molecule has 4 rings (SSSR count). The lowest BCUT2D eigenvalue weighted by atomic mass is 9.92. The molecule has 1 aliphatic carbocycles. The summed E-state index contributed by atoms with van der Waals surface area (Å²) in [6.07, 6.45) is -2.89. The molecule has 1 saturated carbocycles. The van der Waals surface area contributed by atoms with Crippen molar-refractivity contribution in [1.82, 2.24) is 19.7 Å². The van der Waals surface area contributed by atoms with Crippen LogP contribution in [0.25, 0.3) is 11.4 Å². The minimum atomic E-state index is -4.50. The fourth-order valence-electron chi connectivity index (χ4n) is 3.72. The molecule has 2 aromatic carbocycles. The van der Waals surface area contributed by atoms with Crippen LogP contribution in [0, 0.1) is 0 Å². The predicted octanol–water partition coefficient (Wildman–Crippen LogP) is 5.42. The summed E-state index contributed by atoms with van der Waals surface area (Å²) in [5.41, 5.74) is -1.60. The Kier molecular flexibility index (Phi) is 6.29. The smallest absolute Gasteiger partial charge is 0.346 e. The van der Waals surface area contributed by atoms with Crippen LogP contribution in [0.2, 0.25) is 10.0 Å². The lowest BCUT2D eigenvalue weighted by Crippen LogP contribution is -2.44. The average Bonchev–Trinajstić information content (AvgIpc) is 3.52. The van der Waals surface area contributed by atoms with Gasteiger partial charge in [-0.1, -0.05) is 35.3 Å². The molecule has 0 atom stereocenters.